The molecule has 2 heterocycles. The Labute approximate surface area is 137 Å². The number of halogens is 2. The number of likely N-dealkylation sites (tertiary alicyclic amines) is 1. The summed E-state index contributed by atoms with van der Waals surface area (Å²) in [4.78, 5) is 28.5. The van der Waals surface area contributed by atoms with Crippen molar-refractivity contribution in [2.24, 2.45) is 11.7 Å². The van der Waals surface area contributed by atoms with Crippen LogP contribution in [-0.4, -0.2) is 34.8 Å². The zero-order valence-electron chi connectivity index (χ0n) is 11.7. The predicted octanol–water partition coefficient (Wildman–Crippen LogP) is 2.81. The highest BCUT2D eigenvalue weighted by molar-refractivity contribution is 6.45. The molecule has 0 spiro atoms. The fraction of sp³-hybridized carbons (Fsp3) is 0.333. The molecule has 2 amide bonds. The summed E-state index contributed by atoms with van der Waals surface area (Å²) in [7, 11) is 0. The van der Waals surface area contributed by atoms with Crippen molar-refractivity contribution in [3.63, 3.8) is 0 Å². The van der Waals surface area contributed by atoms with Gasteiger partial charge in [0.1, 0.15) is 5.69 Å². The minimum atomic E-state index is -0.292. The normalized spacial score (nSPS) is 16.2. The largest absolute Gasteiger partial charge is 0.369 e. The molecule has 2 aromatic rings. The number of primary amides is 1. The molecule has 1 aliphatic heterocycles. The zero-order chi connectivity index (χ0) is 15.9. The van der Waals surface area contributed by atoms with E-state index in [0.29, 0.717) is 41.7 Å². The summed E-state index contributed by atoms with van der Waals surface area (Å²) in [6, 6.07) is 5.20. The molecule has 22 heavy (non-hydrogen) atoms. The molecule has 3 N–H and O–H groups in total. The molecule has 116 valence electrons. The number of aromatic nitrogens is 1. The molecular weight excluding hydrogens is 325 g/mol. The maximum absolute atomic E-state index is 12.5. The number of carbonyl (C=O) groups excluding carboxylic acids is 2. The lowest BCUT2D eigenvalue weighted by atomic mass is 9.96. The van der Waals surface area contributed by atoms with Crippen LogP contribution in [0.5, 0.6) is 0 Å². The third-order valence-electron chi connectivity index (χ3n) is 4.11. The Kier molecular flexibility index (Phi) is 4.02. The summed E-state index contributed by atoms with van der Waals surface area (Å²) >= 11 is 12.1. The van der Waals surface area contributed by atoms with Gasteiger partial charge < -0.3 is 15.6 Å². The molecule has 7 heteroatoms. The lowest BCUT2D eigenvalue weighted by Gasteiger charge is -2.30. The highest BCUT2D eigenvalue weighted by Gasteiger charge is 2.27. The Hall–Kier alpha value is -1.72. The first-order valence-corrected chi connectivity index (χ1v) is 7.78. The maximum Gasteiger partial charge on any atom is 0.270 e. The first kappa shape index (κ1) is 15.2. The molecule has 0 radical (unpaired) electrons. The number of hydrogen-bond acceptors (Lipinski definition) is 2. The van der Waals surface area contributed by atoms with Crippen LogP contribution in [0.25, 0.3) is 10.9 Å². The van der Waals surface area contributed by atoms with E-state index in [1.807, 2.05) is 0 Å². The van der Waals surface area contributed by atoms with Crippen molar-refractivity contribution in [3.05, 3.63) is 33.9 Å². The van der Waals surface area contributed by atoms with Gasteiger partial charge in [-0.3, -0.25) is 9.59 Å². The summed E-state index contributed by atoms with van der Waals surface area (Å²) < 4.78 is 0. The molecule has 1 aromatic heterocycles. The molecule has 0 saturated carbocycles. The van der Waals surface area contributed by atoms with Crippen LogP contribution in [-0.2, 0) is 4.79 Å². The van der Waals surface area contributed by atoms with Crippen molar-refractivity contribution in [1.29, 1.82) is 0 Å². The van der Waals surface area contributed by atoms with Gasteiger partial charge in [-0.25, -0.2) is 0 Å². The lowest BCUT2D eigenvalue weighted by Crippen LogP contribution is -2.41. The quantitative estimate of drug-likeness (QED) is 0.882. The number of amides is 2. The van der Waals surface area contributed by atoms with E-state index in [2.05, 4.69) is 4.98 Å². The van der Waals surface area contributed by atoms with E-state index in [9.17, 15) is 9.59 Å². The number of H-pyrrole nitrogens is 1. The van der Waals surface area contributed by atoms with Crippen molar-refractivity contribution < 1.29 is 9.59 Å². The van der Waals surface area contributed by atoms with Crippen LogP contribution >= 0.6 is 23.2 Å². The predicted molar refractivity (Wildman–Crippen MR) is 86.1 cm³/mol. The number of carbonyl (C=O) groups is 2. The number of fused-ring (bicyclic) bond motifs is 1. The first-order chi connectivity index (χ1) is 10.5. The van der Waals surface area contributed by atoms with Gasteiger partial charge in [-0.05, 0) is 31.0 Å². The van der Waals surface area contributed by atoms with Gasteiger partial charge in [0, 0.05) is 29.9 Å². The van der Waals surface area contributed by atoms with Crippen LogP contribution in [0.3, 0.4) is 0 Å². The summed E-state index contributed by atoms with van der Waals surface area (Å²) in [6.07, 6.45) is 1.21. The Morgan fingerprint density at radius 1 is 1.23 bits per heavy atom. The second kappa shape index (κ2) is 5.82. The number of nitrogens with one attached hydrogen (secondary N) is 1. The van der Waals surface area contributed by atoms with Gasteiger partial charge >= 0.3 is 0 Å². The van der Waals surface area contributed by atoms with E-state index >= 15 is 0 Å². The first-order valence-electron chi connectivity index (χ1n) is 7.02. The summed E-state index contributed by atoms with van der Waals surface area (Å²) in [5.74, 6) is -0.537. The smallest absolute Gasteiger partial charge is 0.270 e. The Bertz CT molecular complexity index is 749. The fourth-order valence-corrected chi connectivity index (χ4v) is 3.18. The van der Waals surface area contributed by atoms with Crippen LogP contribution in [0.15, 0.2) is 18.2 Å². The van der Waals surface area contributed by atoms with Gasteiger partial charge in [0.15, 0.2) is 0 Å². The molecule has 0 bridgehead atoms. The van der Waals surface area contributed by atoms with E-state index in [4.69, 9.17) is 28.9 Å². The Balaban J connectivity index is 1.81. The summed E-state index contributed by atoms with van der Waals surface area (Å²) in [6.45, 7) is 1.05. The van der Waals surface area contributed by atoms with E-state index in [1.165, 1.54) is 0 Å². The molecule has 1 aromatic carbocycles. The number of benzene rings is 1. The SMILES string of the molecule is NC(=O)C1CCN(C(=O)c2cc3c(Cl)c(Cl)ccc3[nH]2)CC1. The van der Waals surface area contributed by atoms with Crippen LogP contribution in [0.2, 0.25) is 10.0 Å². The minimum Gasteiger partial charge on any atom is -0.369 e. The maximum atomic E-state index is 12.5. The number of nitrogens with zero attached hydrogens (tertiary/aromatic N) is 1. The monoisotopic (exact) mass is 339 g/mol. The molecule has 0 atom stereocenters. The second-order valence-electron chi connectivity index (χ2n) is 5.47. The molecule has 1 saturated heterocycles. The Morgan fingerprint density at radius 3 is 2.55 bits per heavy atom. The third kappa shape index (κ3) is 2.66. The van der Waals surface area contributed by atoms with Crippen molar-refractivity contribution >= 4 is 45.9 Å². The molecule has 5 nitrogen and oxygen atoms in total. The minimum absolute atomic E-state index is 0.105. The lowest BCUT2D eigenvalue weighted by molar-refractivity contribution is -0.123. The molecule has 0 unspecified atom stereocenters. The highest BCUT2D eigenvalue weighted by Crippen LogP contribution is 2.31. The van der Waals surface area contributed by atoms with Crippen molar-refractivity contribution in [1.82, 2.24) is 9.88 Å². The number of aromatic amines is 1. The van der Waals surface area contributed by atoms with Gasteiger partial charge in [0.2, 0.25) is 5.91 Å². The molecule has 3 rings (SSSR count). The van der Waals surface area contributed by atoms with Crippen molar-refractivity contribution in [2.75, 3.05) is 13.1 Å². The van der Waals surface area contributed by atoms with E-state index in [1.54, 1.807) is 23.1 Å². The Morgan fingerprint density at radius 2 is 1.91 bits per heavy atom. The summed E-state index contributed by atoms with van der Waals surface area (Å²) in [5.41, 5.74) is 6.54. The third-order valence-corrected chi connectivity index (χ3v) is 4.92. The zero-order valence-corrected chi connectivity index (χ0v) is 13.2. The van der Waals surface area contributed by atoms with Crippen LogP contribution in [0, 0.1) is 5.92 Å². The number of piperidine rings is 1. The van der Waals surface area contributed by atoms with E-state index < -0.39 is 0 Å². The van der Waals surface area contributed by atoms with Crippen molar-refractivity contribution in [3.8, 4) is 0 Å². The van der Waals surface area contributed by atoms with Gasteiger partial charge in [-0.15, -0.1) is 0 Å². The van der Waals surface area contributed by atoms with Gasteiger partial charge in [0.05, 0.1) is 10.0 Å². The van der Waals surface area contributed by atoms with Crippen LogP contribution in [0.4, 0.5) is 0 Å². The highest BCUT2D eigenvalue weighted by atomic mass is 35.5. The van der Waals surface area contributed by atoms with Gasteiger partial charge in [0.25, 0.3) is 5.91 Å². The van der Waals surface area contributed by atoms with E-state index in [-0.39, 0.29) is 17.7 Å². The molecule has 0 aliphatic carbocycles. The summed E-state index contributed by atoms with van der Waals surface area (Å²) in [5, 5.41) is 1.61. The van der Waals surface area contributed by atoms with E-state index in [0.717, 1.165) is 10.9 Å². The van der Waals surface area contributed by atoms with Gasteiger partial charge in [-0.1, -0.05) is 23.2 Å². The second-order valence-corrected chi connectivity index (χ2v) is 6.26. The topological polar surface area (TPSA) is 79.2 Å². The standard InChI is InChI=1S/C15H15Cl2N3O2/c16-10-1-2-11-9(13(10)17)7-12(19-11)15(22)20-5-3-8(4-6-20)14(18)21/h1-2,7-8,19H,3-6H2,(H2,18,21). The molecular formula is C15H15Cl2N3O2. The van der Waals surface area contributed by atoms with Crippen LogP contribution < -0.4 is 5.73 Å². The molecule has 1 fully saturated rings. The van der Waals surface area contributed by atoms with Gasteiger partial charge in [-0.2, -0.15) is 0 Å². The average molecular weight is 340 g/mol. The molecule has 1 aliphatic rings. The fourth-order valence-electron chi connectivity index (χ4n) is 2.79. The number of nitrogens with two attached hydrogens (primary N) is 1. The van der Waals surface area contributed by atoms with Crippen LogP contribution in [0.1, 0.15) is 23.3 Å². The average Bonchev–Trinajstić information content (AvgIpc) is 2.95. The number of rotatable bonds is 2. The number of hydrogen-bond donors (Lipinski definition) is 2. The van der Waals surface area contributed by atoms with Crippen molar-refractivity contribution in [2.45, 2.75) is 12.8 Å².